The fourth-order valence-electron chi connectivity index (χ4n) is 3.72. The summed E-state index contributed by atoms with van der Waals surface area (Å²) in [6.07, 6.45) is -0.465. The standard InChI is InChI=1S/C19H20BrN3O3/c1-12(24)23-14-8-9-16(20)22-17(14)15(26-18(21)25)11-19(23,2)10-13-6-4-3-5-7-13/h3-9,15H,10-11H2,1-2H3,(H2,21,25). The molecule has 2 amide bonds. The molecule has 1 aliphatic heterocycles. The highest BCUT2D eigenvalue weighted by molar-refractivity contribution is 9.10. The van der Waals surface area contributed by atoms with Gasteiger partial charge in [-0.2, -0.15) is 0 Å². The van der Waals surface area contributed by atoms with Gasteiger partial charge in [-0.1, -0.05) is 30.3 Å². The van der Waals surface area contributed by atoms with Crippen molar-refractivity contribution < 1.29 is 14.3 Å². The molecule has 0 radical (unpaired) electrons. The first-order valence-corrected chi connectivity index (χ1v) is 9.07. The lowest BCUT2D eigenvalue weighted by molar-refractivity contribution is -0.118. The van der Waals surface area contributed by atoms with Crippen LogP contribution in [0.3, 0.4) is 0 Å². The lowest BCUT2D eigenvalue weighted by atomic mass is 9.80. The van der Waals surface area contributed by atoms with E-state index >= 15 is 0 Å². The molecule has 2 atom stereocenters. The normalized spacial score (nSPS) is 21.8. The summed E-state index contributed by atoms with van der Waals surface area (Å²) in [6.45, 7) is 3.52. The Morgan fingerprint density at radius 2 is 2.00 bits per heavy atom. The Balaban J connectivity index is 2.10. The quantitative estimate of drug-likeness (QED) is 0.770. The molecule has 2 heterocycles. The van der Waals surface area contributed by atoms with E-state index in [4.69, 9.17) is 10.5 Å². The van der Waals surface area contributed by atoms with Crippen molar-refractivity contribution in [1.29, 1.82) is 0 Å². The zero-order chi connectivity index (χ0) is 18.9. The molecule has 136 valence electrons. The van der Waals surface area contributed by atoms with E-state index in [-0.39, 0.29) is 5.91 Å². The number of carbonyl (C=O) groups excluding carboxylic acids is 2. The van der Waals surface area contributed by atoms with Gasteiger partial charge < -0.3 is 15.4 Å². The zero-order valence-corrected chi connectivity index (χ0v) is 16.2. The third kappa shape index (κ3) is 3.58. The first-order chi connectivity index (χ1) is 12.3. The van der Waals surface area contributed by atoms with Gasteiger partial charge in [0.15, 0.2) is 0 Å². The molecule has 0 spiro atoms. The van der Waals surface area contributed by atoms with Gasteiger partial charge in [-0.3, -0.25) is 4.79 Å². The van der Waals surface area contributed by atoms with Crippen LogP contribution in [-0.4, -0.2) is 22.5 Å². The summed E-state index contributed by atoms with van der Waals surface area (Å²) in [5.74, 6) is -0.0914. The minimum atomic E-state index is -0.860. The second-order valence-electron chi connectivity index (χ2n) is 6.68. The molecular formula is C19H20BrN3O3. The predicted octanol–water partition coefficient (Wildman–Crippen LogP) is 3.74. The summed E-state index contributed by atoms with van der Waals surface area (Å²) in [7, 11) is 0. The summed E-state index contributed by atoms with van der Waals surface area (Å²) in [5.41, 5.74) is 6.94. The number of ether oxygens (including phenoxy) is 1. The average molecular weight is 418 g/mol. The number of nitrogens with two attached hydrogens (primary N) is 1. The third-order valence-electron chi connectivity index (χ3n) is 4.58. The molecule has 0 saturated carbocycles. The van der Waals surface area contributed by atoms with Crippen molar-refractivity contribution in [2.75, 3.05) is 4.90 Å². The van der Waals surface area contributed by atoms with Gasteiger partial charge in [0, 0.05) is 13.3 Å². The molecule has 0 aliphatic carbocycles. The Kier molecular flexibility index (Phi) is 5.00. The molecule has 0 fully saturated rings. The number of hydrogen-bond donors (Lipinski definition) is 1. The summed E-state index contributed by atoms with van der Waals surface area (Å²) in [4.78, 5) is 30.2. The second-order valence-corrected chi connectivity index (χ2v) is 7.49. The Bertz CT molecular complexity index is 843. The maximum atomic E-state index is 12.5. The minimum Gasteiger partial charge on any atom is -0.440 e. The summed E-state index contributed by atoms with van der Waals surface area (Å²) in [5, 5.41) is 0. The SMILES string of the molecule is CC(=O)N1c2ccc(Br)nc2C(OC(N)=O)CC1(C)Cc1ccccc1. The van der Waals surface area contributed by atoms with E-state index in [2.05, 4.69) is 20.9 Å². The fourth-order valence-corrected chi connectivity index (χ4v) is 4.04. The Hall–Kier alpha value is -2.41. The van der Waals surface area contributed by atoms with E-state index in [1.165, 1.54) is 6.92 Å². The number of halogens is 1. The van der Waals surface area contributed by atoms with E-state index in [9.17, 15) is 9.59 Å². The molecule has 7 heteroatoms. The van der Waals surface area contributed by atoms with Gasteiger partial charge in [0.1, 0.15) is 16.4 Å². The lowest BCUT2D eigenvalue weighted by Gasteiger charge is -2.47. The van der Waals surface area contributed by atoms with Gasteiger partial charge in [0.25, 0.3) is 0 Å². The van der Waals surface area contributed by atoms with Gasteiger partial charge in [0.2, 0.25) is 5.91 Å². The predicted molar refractivity (Wildman–Crippen MR) is 102 cm³/mol. The number of aromatic nitrogens is 1. The van der Waals surface area contributed by atoms with Gasteiger partial charge in [-0.15, -0.1) is 0 Å². The third-order valence-corrected chi connectivity index (χ3v) is 5.02. The molecule has 1 aromatic heterocycles. The van der Waals surface area contributed by atoms with Crippen LogP contribution in [0.4, 0.5) is 10.5 Å². The first-order valence-electron chi connectivity index (χ1n) is 8.27. The molecule has 6 nitrogen and oxygen atoms in total. The largest absolute Gasteiger partial charge is 0.440 e. The topological polar surface area (TPSA) is 85.5 Å². The number of fused-ring (bicyclic) bond motifs is 1. The van der Waals surface area contributed by atoms with Crippen molar-refractivity contribution in [1.82, 2.24) is 4.98 Å². The van der Waals surface area contributed by atoms with Crippen molar-refractivity contribution in [3.63, 3.8) is 0 Å². The van der Waals surface area contributed by atoms with Crippen LogP contribution in [0.25, 0.3) is 0 Å². The molecule has 26 heavy (non-hydrogen) atoms. The smallest absolute Gasteiger partial charge is 0.405 e. The van der Waals surface area contributed by atoms with Gasteiger partial charge in [-0.05, 0) is 47.0 Å². The van der Waals surface area contributed by atoms with Crippen LogP contribution in [0.1, 0.15) is 37.6 Å². The monoisotopic (exact) mass is 417 g/mol. The fraction of sp³-hybridized carbons (Fsp3) is 0.316. The van der Waals surface area contributed by atoms with Crippen LogP contribution in [-0.2, 0) is 16.0 Å². The molecule has 1 aromatic carbocycles. The van der Waals surface area contributed by atoms with Crippen molar-refractivity contribution in [3.05, 3.63) is 58.3 Å². The van der Waals surface area contributed by atoms with Crippen LogP contribution in [0, 0.1) is 0 Å². The molecule has 0 saturated heterocycles. The number of anilines is 1. The second kappa shape index (κ2) is 7.07. The van der Waals surface area contributed by atoms with Crippen LogP contribution < -0.4 is 10.6 Å². The minimum absolute atomic E-state index is 0.0914. The molecule has 1 aliphatic rings. The number of rotatable bonds is 3. The van der Waals surface area contributed by atoms with Gasteiger partial charge in [0.05, 0.1) is 11.2 Å². The number of carbonyl (C=O) groups is 2. The molecule has 2 N–H and O–H groups in total. The van der Waals surface area contributed by atoms with Crippen LogP contribution >= 0.6 is 15.9 Å². The van der Waals surface area contributed by atoms with E-state index in [0.717, 1.165) is 5.56 Å². The number of nitrogens with zero attached hydrogens (tertiary/aromatic N) is 2. The van der Waals surface area contributed by atoms with Gasteiger partial charge >= 0.3 is 6.09 Å². The Labute approximate surface area is 160 Å². The average Bonchev–Trinajstić information content (AvgIpc) is 2.55. The van der Waals surface area contributed by atoms with Crippen LogP contribution in [0.15, 0.2) is 47.1 Å². The summed E-state index contributed by atoms with van der Waals surface area (Å²) in [6, 6.07) is 13.5. The van der Waals surface area contributed by atoms with Crippen LogP contribution in [0.2, 0.25) is 0 Å². The van der Waals surface area contributed by atoms with Crippen LogP contribution in [0.5, 0.6) is 0 Å². The van der Waals surface area contributed by atoms with Crippen molar-refractivity contribution in [2.24, 2.45) is 5.73 Å². The molecule has 3 rings (SSSR count). The van der Waals surface area contributed by atoms with Crippen molar-refractivity contribution >= 4 is 33.6 Å². The van der Waals surface area contributed by atoms with E-state index in [1.807, 2.05) is 43.3 Å². The number of pyridine rings is 1. The number of amides is 2. The Morgan fingerprint density at radius 3 is 2.62 bits per heavy atom. The maximum absolute atomic E-state index is 12.5. The first kappa shape index (κ1) is 18.4. The number of hydrogen-bond acceptors (Lipinski definition) is 4. The summed E-state index contributed by atoms with van der Waals surface area (Å²) >= 11 is 3.34. The number of benzene rings is 1. The highest BCUT2D eigenvalue weighted by atomic mass is 79.9. The molecule has 2 aromatic rings. The van der Waals surface area contributed by atoms with Crippen molar-refractivity contribution in [2.45, 2.75) is 38.3 Å². The number of primary amides is 1. The molecule has 2 unspecified atom stereocenters. The molecular weight excluding hydrogens is 398 g/mol. The zero-order valence-electron chi connectivity index (χ0n) is 14.6. The highest BCUT2D eigenvalue weighted by Gasteiger charge is 2.45. The van der Waals surface area contributed by atoms with Crippen molar-refractivity contribution in [3.8, 4) is 0 Å². The molecule has 0 bridgehead atoms. The van der Waals surface area contributed by atoms with E-state index in [0.29, 0.717) is 28.8 Å². The van der Waals surface area contributed by atoms with Gasteiger partial charge in [-0.25, -0.2) is 9.78 Å². The Morgan fingerprint density at radius 1 is 1.31 bits per heavy atom. The maximum Gasteiger partial charge on any atom is 0.405 e. The summed E-state index contributed by atoms with van der Waals surface area (Å²) < 4.78 is 5.95. The highest BCUT2D eigenvalue weighted by Crippen LogP contribution is 2.45. The van der Waals surface area contributed by atoms with E-state index in [1.54, 1.807) is 11.0 Å². The van der Waals surface area contributed by atoms with E-state index < -0.39 is 17.7 Å². The lowest BCUT2D eigenvalue weighted by Crippen LogP contribution is -2.55.